The van der Waals surface area contributed by atoms with Gasteiger partial charge in [-0.3, -0.25) is 4.90 Å². The summed E-state index contributed by atoms with van der Waals surface area (Å²) in [5.41, 5.74) is 0. The van der Waals surface area contributed by atoms with E-state index < -0.39 is 0 Å². The Morgan fingerprint density at radius 3 is 2.25 bits per heavy atom. The molecule has 3 aliphatic rings. The van der Waals surface area contributed by atoms with Crippen molar-refractivity contribution in [3.63, 3.8) is 0 Å². The summed E-state index contributed by atoms with van der Waals surface area (Å²) in [6, 6.07) is 0.475. The van der Waals surface area contributed by atoms with Gasteiger partial charge in [-0.1, -0.05) is 0 Å². The average Bonchev–Trinajstić information content (AvgIpc) is 3.00. The summed E-state index contributed by atoms with van der Waals surface area (Å²) in [5.74, 6) is 1.02. The molecule has 0 aromatic carbocycles. The molecule has 0 aromatic heterocycles. The molecular weight excluding hydrogens is 200 g/mol. The van der Waals surface area contributed by atoms with E-state index in [0.29, 0.717) is 6.04 Å². The highest BCUT2D eigenvalue weighted by atomic mass is 16.3. The predicted molar refractivity (Wildman–Crippen MR) is 64.4 cm³/mol. The van der Waals surface area contributed by atoms with Crippen LogP contribution in [0.4, 0.5) is 0 Å². The van der Waals surface area contributed by atoms with Gasteiger partial charge in [0.2, 0.25) is 0 Å². The van der Waals surface area contributed by atoms with E-state index in [9.17, 15) is 5.11 Å². The van der Waals surface area contributed by atoms with Gasteiger partial charge in [-0.05, 0) is 38.0 Å². The van der Waals surface area contributed by atoms with E-state index in [1.54, 1.807) is 0 Å². The molecule has 2 aliphatic carbocycles. The maximum atomic E-state index is 9.91. The second kappa shape index (κ2) is 4.63. The molecule has 1 N–H and O–H groups in total. The molecule has 3 nitrogen and oxygen atoms in total. The summed E-state index contributed by atoms with van der Waals surface area (Å²) < 4.78 is 0. The second-order valence-electron chi connectivity index (χ2n) is 5.85. The quantitative estimate of drug-likeness (QED) is 0.772. The molecule has 3 fully saturated rings. The van der Waals surface area contributed by atoms with Crippen molar-refractivity contribution in [3.05, 3.63) is 0 Å². The van der Waals surface area contributed by atoms with Gasteiger partial charge in [-0.2, -0.15) is 0 Å². The maximum Gasteiger partial charge on any atom is 0.0695 e. The summed E-state index contributed by atoms with van der Waals surface area (Å²) in [7, 11) is 0. The van der Waals surface area contributed by atoms with Crippen molar-refractivity contribution in [2.24, 2.45) is 5.92 Å². The smallest absolute Gasteiger partial charge is 0.0695 e. The van der Waals surface area contributed by atoms with Crippen LogP contribution in [0.3, 0.4) is 0 Å². The van der Waals surface area contributed by atoms with Crippen molar-refractivity contribution < 1.29 is 5.11 Å². The summed E-state index contributed by atoms with van der Waals surface area (Å²) in [5, 5.41) is 9.91. The van der Waals surface area contributed by atoms with E-state index in [1.165, 1.54) is 58.4 Å². The van der Waals surface area contributed by atoms with E-state index in [1.807, 2.05) is 0 Å². The van der Waals surface area contributed by atoms with Crippen LogP contribution in [0.1, 0.15) is 32.1 Å². The molecule has 1 aliphatic heterocycles. The maximum absolute atomic E-state index is 9.91. The van der Waals surface area contributed by atoms with E-state index in [4.69, 9.17) is 0 Å². The lowest BCUT2D eigenvalue weighted by Crippen LogP contribution is -2.52. The average molecular weight is 224 g/mol. The second-order valence-corrected chi connectivity index (χ2v) is 5.85. The van der Waals surface area contributed by atoms with Gasteiger partial charge in [0.1, 0.15) is 0 Å². The van der Waals surface area contributed by atoms with Crippen LogP contribution in [0.25, 0.3) is 0 Å². The van der Waals surface area contributed by atoms with Gasteiger partial charge in [0.15, 0.2) is 0 Å². The van der Waals surface area contributed by atoms with E-state index in [-0.39, 0.29) is 6.10 Å². The first-order valence-corrected chi connectivity index (χ1v) is 6.97. The third-order valence-corrected chi connectivity index (χ3v) is 4.53. The Labute approximate surface area is 98.4 Å². The molecular formula is C13H24N2O. The molecule has 0 spiro atoms. The topological polar surface area (TPSA) is 26.7 Å². The molecule has 16 heavy (non-hydrogen) atoms. The van der Waals surface area contributed by atoms with Crippen LogP contribution in [0.15, 0.2) is 0 Å². The van der Waals surface area contributed by atoms with Crippen LogP contribution in [0.2, 0.25) is 0 Å². The molecule has 0 amide bonds. The zero-order valence-electron chi connectivity index (χ0n) is 10.1. The zero-order chi connectivity index (χ0) is 11.0. The van der Waals surface area contributed by atoms with Crippen molar-refractivity contribution in [1.29, 1.82) is 0 Å². The molecule has 0 radical (unpaired) electrons. The van der Waals surface area contributed by atoms with Crippen molar-refractivity contribution in [2.75, 3.05) is 32.7 Å². The molecule has 2 atom stereocenters. The van der Waals surface area contributed by atoms with E-state index >= 15 is 0 Å². The van der Waals surface area contributed by atoms with Gasteiger partial charge in [0.05, 0.1) is 6.10 Å². The Bertz CT molecular complexity index is 234. The van der Waals surface area contributed by atoms with Crippen LogP contribution in [-0.4, -0.2) is 59.8 Å². The number of rotatable bonds is 3. The van der Waals surface area contributed by atoms with Crippen LogP contribution >= 0.6 is 0 Å². The first-order chi connectivity index (χ1) is 7.83. The minimum atomic E-state index is -0.0463. The summed E-state index contributed by atoms with van der Waals surface area (Å²) in [4.78, 5) is 5.15. The number of aliphatic hydroxyl groups excluding tert-OH is 1. The lowest BCUT2D eigenvalue weighted by molar-refractivity contribution is 0.0344. The molecule has 0 unspecified atom stereocenters. The van der Waals surface area contributed by atoms with Gasteiger partial charge < -0.3 is 10.0 Å². The van der Waals surface area contributed by atoms with Crippen molar-refractivity contribution in [1.82, 2.24) is 9.80 Å². The fourth-order valence-electron chi connectivity index (χ4n) is 3.29. The highest BCUT2D eigenvalue weighted by Gasteiger charge is 2.33. The molecule has 3 rings (SSSR count). The Morgan fingerprint density at radius 1 is 0.938 bits per heavy atom. The fraction of sp³-hybridized carbons (Fsp3) is 1.00. The van der Waals surface area contributed by atoms with Gasteiger partial charge in [0.25, 0.3) is 0 Å². The van der Waals surface area contributed by atoms with Crippen molar-refractivity contribution in [2.45, 2.75) is 44.2 Å². The lowest BCUT2D eigenvalue weighted by Gasteiger charge is -2.39. The summed E-state index contributed by atoms with van der Waals surface area (Å²) in [6.45, 7) is 6.13. The molecule has 0 bridgehead atoms. The molecule has 2 saturated carbocycles. The predicted octanol–water partition coefficient (Wildman–Crippen LogP) is 0.927. The van der Waals surface area contributed by atoms with Crippen LogP contribution in [-0.2, 0) is 0 Å². The molecule has 1 saturated heterocycles. The Hall–Kier alpha value is -0.120. The standard InChI is InChI=1S/C13H24N2O/c16-13-3-1-2-12(13)15-8-6-14(7-9-15)10-11-4-5-11/h11-13,16H,1-10H2/t12-,13-/m1/s1. The molecule has 3 heteroatoms. The van der Waals surface area contributed by atoms with Crippen LogP contribution < -0.4 is 0 Å². The Balaban J connectivity index is 1.46. The number of piperazine rings is 1. The van der Waals surface area contributed by atoms with Crippen molar-refractivity contribution >= 4 is 0 Å². The van der Waals surface area contributed by atoms with Crippen molar-refractivity contribution in [3.8, 4) is 0 Å². The number of hydrogen-bond acceptors (Lipinski definition) is 3. The van der Waals surface area contributed by atoms with Crippen LogP contribution in [0.5, 0.6) is 0 Å². The minimum absolute atomic E-state index is 0.0463. The van der Waals surface area contributed by atoms with Gasteiger partial charge >= 0.3 is 0 Å². The zero-order valence-corrected chi connectivity index (χ0v) is 10.1. The third kappa shape index (κ3) is 2.41. The first kappa shape index (κ1) is 11.0. The highest BCUT2D eigenvalue weighted by Crippen LogP contribution is 2.30. The molecule has 0 aromatic rings. The molecule has 92 valence electrons. The van der Waals surface area contributed by atoms with E-state index in [0.717, 1.165) is 12.3 Å². The SMILES string of the molecule is O[C@@H]1CCC[C@H]1N1CCN(CC2CC2)CC1. The third-order valence-electron chi connectivity index (χ3n) is 4.53. The fourth-order valence-corrected chi connectivity index (χ4v) is 3.29. The molecule has 1 heterocycles. The highest BCUT2D eigenvalue weighted by molar-refractivity contribution is 4.88. The largest absolute Gasteiger partial charge is 0.391 e. The number of nitrogens with zero attached hydrogens (tertiary/aromatic N) is 2. The number of hydrogen-bond donors (Lipinski definition) is 1. The summed E-state index contributed by atoms with van der Waals surface area (Å²) in [6.07, 6.45) is 6.32. The Morgan fingerprint density at radius 2 is 1.69 bits per heavy atom. The monoisotopic (exact) mass is 224 g/mol. The summed E-state index contributed by atoms with van der Waals surface area (Å²) >= 11 is 0. The minimum Gasteiger partial charge on any atom is -0.391 e. The van der Waals surface area contributed by atoms with Crippen LogP contribution in [0, 0.1) is 5.92 Å². The van der Waals surface area contributed by atoms with E-state index in [2.05, 4.69) is 9.80 Å². The first-order valence-electron chi connectivity index (χ1n) is 6.97. The lowest BCUT2D eigenvalue weighted by atomic mass is 10.1. The van der Waals surface area contributed by atoms with Gasteiger partial charge in [-0.25, -0.2) is 0 Å². The van der Waals surface area contributed by atoms with Gasteiger partial charge in [0, 0.05) is 38.8 Å². The number of aliphatic hydroxyl groups is 1. The Kier molecular flexibility index (Phi) is 3.18. The normalized spacial score (nSPS) is 38.1. The van der Waals surface area contributed by atoms with Gasteiger partial charge in [-0.15, -0.1) is 0 Å².